The highest BCUT2D eigenvalue weighted by molar-refractivity contribution is 7.08. The summed E-state index contributed by atoms with van der Waals surface area (Å²) in [4.78, 5) is 18.1. The summed E-state index contributed by atoms with van der Waals surface area (Å²) in [6.45, 7) is 2.15. The Bertz CT molecular complexity index is 747. The first-order valence-corrected chi connectivity index (χ1v) is 9.27. The molecule has 4 rings (SSSR count). The normalized spacial score (nSPS) is 21.3. The molecule has 1 spiro atoms. The minimum absolute atomic E-state index is 0.0225. The van der Waals surface area contributed by atoms with Gasteiger partial charge in [0.05, 0.1) is 26.1 Å². The first-order chi connectivity index (χ1) is 12.2. The van der Waals surface area contributed by atoms with E-state index in [0.717, 1.165) is 12.0 Å². The quantitative estimate of drug-likeness (QED) is 0.820. The number of halogens is 1. The van der Waals surface area contributed by atoms with Crippen molar-refractivity contribution >= 4 is 17.2 Å². The Morgan fingerprint density at radius 3 is 3.12 bits per heavy atom. The number of nitrogens with zero attached hydrogens (tertiary/aromatic N) is 2. The average molecular weight is 362 g/mol. The van der Waals surface area contributed by atoms with Crippen LogP contribution in [-0.2, 0) is 16.0 Å². The van der Waals surface area contributed by atoms with E-state index in [1.807, 2.05) is 21.7 Å². The van der Waals surface area contributed by atoms with Crippen molar-refractivity contribution in [3.63, 3.8) is 0 Å². The smallest absolute Gasteiger partial charge is 0.250 e. The van der Waals surface area contributed by atoms with Gasteiger partial charge in [-0.25, -0.2) is 9.37 Å². The van der Waals surface area contributed by atoms with E-state index < -0.39 is 5.82 Å². The molecule has 0 radical (unpaired) electrons. The predicted octanol–water partition coefficient (Wildman–Crippen LogP) is 2.52. The number of hydrogen-bond acceptors (Lipinski definition) is 5. The first kappa shape index (κ1) is 16.5. The number of aromatic nitrogens is 1. The van der Waals surface area contributed by atoms with Crippen LogP contribution < -0.4 is 4.74 Å². The van der Waals surface area contributed by atoms with Crippen molar-refractivity contribution in [2.45, 2.75) is 18.4 Å². The molecule has 2 fully saturated rings. The molecule has 4 heterocycles. The van der Waals surface area contributed by atoms with Crippen LogP contribution in [0, 0.1) is 11.7 Å². The van der Waals surface area contributed by atoms with E-state index >= 15 is 0 Å². The SMILES string of the molecule is O=C(Cc1ccsc1)N1CC2(C1)OCC[C@@H]2COc1ncccc1F. The molecule has 2 aromatic heterocycles. The standard InChI is InChI=1S/C18H19FN2O3S/c19-15-2-1-5-20-17(15)23-9-14-3-6-24-18(14)11-21(12-18)16(22)8-13-4-7-25-10-13/h1-2,4-5,7,10,14H,3,6,8-9,11-12H2/t14-/m1/s1. The minimum atomic E-state index is -0.461. The zero-order chi connectivity index (χ0) is 17.3. The monoisotopic (exact) mass is 362 g/mol. The fourth-order valence-electron chi connectivity index (χ4n) is 3.48. The van der Waals surface area contributed by atoms with Crippen LogP contribution in [-0.4, -0.2) is 47.7 Å². The molecular weight excluding hydrogens is 343 g/mol. The highest BCUT2D eigenvalue weighted by Gasteiger charge is 2.54. The van der Waals surface area contributed by atoms with E-state index in [9.17, 15) is 9.18 Å². The van der Waals surface area contributed by atoms with Crippen molar-refractivity contribution < 1.29 is 18.7 Å². The van der Waals surface area contributed by atoms with Crippen molar-refractivity contribution in [3.05, 3.63) is 46.5 Å². The van der Waals surface area contributed by atoms with Gasteiger partial charge in [-0.1, -0.05) is 0 Å². The third-order valence-electron chi connectivity index (χ3n) is 4.95. The van der Waals surface area contributed by atoms with Crippen molar-refractivity contribution in [2.24, 2.45) is 5.92 Å². The van der Waals surface area contributed by atoms with Crippen LogP contribution in [0.2, 0.25) is 0 Å². The molecule has 25 heavy (non-hydrogen) atoms. The van der Waals surface area contributed by atoms with Gasteiger partial charge in [0.15, 0.2) is 5.82 Å². The summed E-state index contributed by atoms with van der Waals surface area (Å²) in [5.41, 5.74) is 0.698. The Balaban J connectivity index is 1.33. The van der Waals surface area contributed by atoms with Crippen LogP contribution in [0.4, 0.5) is 4.39 Å². The molecule has 0 N–H and O–H groups in total. The van der Waals surface area contributed by atoms with Crippen molar-refractivity contribution in [3.8, 4) is 5.88 Å². The Morgan fingerprint density at radius 1 is 1.48 bits per heavy atom. The zero-order valence-electron chi connectivity index (χ0n) is 13.7. The van der Waals surface area contributed by atoms with Gasteiger partial charge in [-0.2, -0.15) is 11.3 Å². The van der Waals surface area contributed by atoms with Gasteiger partial charge >= 0.3 is 0 Å². The van der Waals surface area contributed by atoms with E-state index in [-0.39, 0.29) is 23.3 Å². The average Bonchev–Trinajstić information content (AvgIpc) is 3.22. The second-order valence-electron chi connectivity index (χ2n) is 6.56. The Labute approximate surface area is 149 Å². The third kappa shape index (κ3) is 3.26. The Hall–Kier alpha value is -1.99. The van der Waals surface area contributed by atoms with E-state index in [1.165, 1.54) is 18.3 Å². The molecule has 2 aliphatic heterocycles. The number of rotatable bonds is 5. The predicted molar refractivity (Wildman–Crippen MR) is 91.1 cm³/mol. The number of pyridine rings is 1. The van der Waals surface area contributed by atoms with Crippen molar-refractivity contribution in [1.82, 2.24) is 9.88 Å². The van der Waals surface area contributed by atoms with Crippen molar-refractivity contribution in [2.75, 3.05) is 26.3 Å². The lowest BCUT2D eigenvalue weighted by Crippen LogP contribution is -2.67. The number of ether oxygens (including phenoxy) is 2. The topological polar surface area (TPSA) is 51.7 Å². The third-order valence-corrected chi connectivity index (χ3v) is 5.68. The van der Waals surface area contributed by atoms with E-state index in [0.29, 0.717) is 32.7 Å². The molecule has 132 valence electrons. The summed E-state index contributed by atoms with van der Waals surface area (Å²) in [6.07, 6.45) is 2.79. The van der Waals surface area contributed by atoms with E-state index in [1.54, 1.807) is 11.3 Å². The summed E-state index contributed by atoms with van der Waals surface area (Å²) in [5.74, 6) is -0.181. The molecule has 0 bridgehead atoms. The summed E-state index contributed by atoms with van der Waals surface area (Å²) >= 11 is 1.60. The highest BCUT2D eigenvalue weighted by Crippen LogP contribution is 2.40. The molecule has 0 aromatic carbocycles. The molecule has 7 heteroatoms. The van der Waals surface area contributed by atoms with Gasteiger partial charge < -0.3 is 14.4 Å². The number of carbonyl (C=O) groups excluding carboxylic acids is 1. The van der Waals surface area contributed by atoms with Gasteiger partial charge in [-0.15, -0.1) is 0 Å². The Morgan fingerprint density at radius 2 is 2.36 bits per heavy atom. The van der Waals surface area contributed by atoms with Crippen LogP contribution in [0.15, 0.2) is 35.2 Å². The largest absolute Gasteiger partial charge is 0.475 e. The summed E-state index contributed by atoms with van der Waals surface area (Å²) < 4.78 is 25.1. The lowest BCUT2D eigenvalue weighted by atomic mass is 9.81. The van der Waals surface area contributed by atoms with Gasteiger partial charge in [0, 0.05) is 18.7 Å². The first-order valence-electron chi connectivity index (χ1n) is 8.32. The minimum Gasteiger partial charge on any atom is -0.475 e. The molecule has 5 nitrogen and oxygen atoms in total. The highest BCUT2D eigenvalue weighted by atomic mass is 32.1. The van der Waals surface area contributed by atoms with Gasteiger partial charge in [0.2, 0.25) is 11.8 Å². The van der Waals surface area contributed by atoms with Gasteiger partial charge in [0.1, 0.15) is 5.60 Å². The summed E-state index contributed by atoms with van der Waals surface area (Å²) in [7, 11) is 0. The lowest BCUT2D eigenvalue weighted by molar-refractivity contribution is -0.166. The van der Waals surface area contributed by atoms with Crippen molar-refractivity contribution in [1.29, 1.82) is 0 Å². The maximum absolute atomic E-state index is 13.6. The number of hydrogen-bond donors (Lipinski definition) is 0. The molecular formula is C18H19FN2O3S. The maximum Gasteiger partial charge on any atom is 0.250 e. The molecule has 2 saturated heterocycles. The van der Waals surface area contributed by atoms with Gasteiger partial charge in [-0.3, -0.25) is 4.79 Å². The molecule has 1 amide bonds. The summed E-state index contributed by atoms with van der Waals surface area (Å²) in [5, 5.41) is 3.97. The number of likely N-dealkylation sites (tertiary alicyclic amines) is 1. The van der Waals surface area contributed by atoms with Gasteiger partial charge in [-0.05, 0) is 40.9 Å². The van der Waals surface area contributed by atoms with Crippen LogP contribution >= 0.6 is 11.3 Å². The number of thiophene rings is 1. The Kier molecular flexibility index (Phi) is 4.43. The number of amides is 1. The zero-order valence-corrected chi connectivity index (χ0v) is 14.5. The molecule has 0 saturated carbocycles. The second kappa shape index (κ2) is 6.72. The van der Waals surface area contributed by atoms with E-state index in [4.69, 9.17) is 9.47 Å². The molecule has 1 atom stereocenters. The van der Waals surface area contributed by atoms with E-state index in [2.05, 4.69) is 4.98 Å². The molecule has 2 aromatic rings. The lowest BCUT2D eigenvalue weighted by Gasteiger charge is -2.50. The van der Waals surface area contributed by atoms with Gasteiger partial charge in [0.25, 0.3) is 0 Å². The summed E-state index contributed by atoms with van der Waals surface area (Å²) in [6, 6.07) is 4.84. The van der Waals surface area contributed by atoms with Crippen LogP contribution in [0.1, 0.15) is 12.0 Å². The molecule has 0 aliphatic carbocycles. The van der Waals surface area contributed by atoms with Crippen LogP contribution in [0.5, 0.6) is 5.88 Å². The maximum atomic E-state index is 13.6. The fraction of sp³-hybridized carbons (Fsp3) is 0.444. The van der Waals surface area contributed by atoms with Crippen LogP contribution in [0.3, 0.4) is 0 Å². The number of carbonyl (C=O) groups is 1. The fourth-order valence-corrected chi connectivity index (χ4v) is 4.15. The second-order valence-corrected chi connectivity index (χ2v) is 7.34. The molecule has 2 aliphatic rings. The molecule has 0 unspecified atom stereocenters. The van der Waals surface area contributed by atoms with Crippen LogP contribution in [0.25, 0.3) is 0 Å².